The molecule has 2 heterocycles. The van der Waals surface area contributed by atoms with Crippen molar-refractivity contribution in [3.8, 4) is 6.01 Å². The number of aromatic nitrogens is 2. The first-order valence-electron chi connectivity index (χ1n) is 6.84. The first kappa shape index (κ1) is 14.2. The van der Waals surface area contributed by atoms with Crippen LogP contribution in [0.4, 0.5) is 0 Å². The molecule has 1 fully saturated rings. The number of piperidine rings is 1. The van der Waals surface area contributed by atoms with E-state index >= 15 is 0 Å². The molecule has 0 radical (unpaired) electrons. The minimum Gasteiger partial charge on any atom is -0.467 e. The van der Waals surface area contributed by atoms with Crippen molar-refractivity contribution in [2.75, 3.05) is 27.3 Å². The summed E-state index contributed by atoms with van der Waals surface area (Å²) in [7, 11) is 3.40. The molecule has 5 heteroatoms. The molecule has 19 heavy (non-hydrogen) atoms. The third-order valence-electron chi connectivity index (χ3n) is 3.97. The molecule has 1 aliphatic heterocycles. The van der Waals surface area contributed by atoms with E-state index < -0.39 is 0 Å². The van der Waals surface area contributed by atoms with Gasteiger partial charge in [0.05, 0.1) is 12.7 Å². The quantitative estimate of drug-likeness (QED) is 0.813. The van der Waals surface area contributed by atoms with Crippen LogP contribution in [0.5, 0.6) is 6.01 Å². The molecule has 1 aliphatic rings. The summed E-state index contributed by atoms with van der Waals surface area (Å²) in [5.41, 5.74) is 1.13. The lowest BCUT2D eigenvalue weighted by Crippen LogP contribution is -2.48. The fourth-order valence-electron chi connectivity index (χ4n) is 2.71. The van der Waals surface area contributed by atoms with Gasteiger partial charge in [0.25, 0.3) is 0 Å². The Kier molecular flexibility index (Phi) is 4.71. The zero-order valence-corrected chi connectivity index (χ0v) is 12.1. The van der Waals surface area contributed by atoms with Gasteiger partial charge in [0.15, 0.2) is 0 Å². The van der Waals surface area contributed by atoms with Crippen molar-refractivity contribution in [1.82, 2.24) is 14.9 Å². The predicted molar refractivity (Wildman–Crippen MR) is 73.1 cm³/mol. The topological polar surface area (TPSA) is 47.5 Å². The molecule has 106 valence electrons. The Morgan fingerprint density at radius 1 is 1.32 bits per heavy atom. The maximum atomic E-state index is 5.74. The smallest absolute Gasteiger partial charge is 0.316 e. The van der Waals surface area contributed by atoms with Crippen LogP contribution < -0.4 is 4.74 Å². The van der Waals surface area contributed by atoms with E-state index in [9.17, 15) is 0 Å². The van der Waals surface area contributed by atoms with E-state index in [0.717, 1.165) is 38.0 Å². The van der Waals surface area contributed by atoms with Gasteiger partial charge in [0, 0.05) is 38.2 Å². The third kappa shape index (κ3) is 3.42. The van der Waals surface area contributed by atoms with Gasteiger partial charge in [-0.1, -0.05) is 6.92 Å². The second-order valence-electron chi connectivity index (χ2n) is 5.13. The van der Waals surface area contributed by atoms with E-state index in [-0.39, 0.29) is 5.60 Å². The van der Waals surface area contributed by atoms with Crippen LogP contribution in [0.2, 0.25) is 0 Å². The Hall–Kier alpha value is -1.20. The highest BCUT2D eigenvalue weighted by atomic mass is 16.5. The van der Waals surface area contributed by atoms with Crippen molar-refractivity contribution in [1.29, 1.82) is 0 Å². The molecule has 0 amide bonds. The molecule has 1 aromatic heterocycles. The number of methoxy groups -OCH3 is 2. The molecule has 0 spiro atoms. The standard InChI is InChI=1S/C14H23N3O2/c1-4-14(19-3)6-5-7-17(11-14)10-12-8-15-13(18-2)16-9-12/h8-9H,4-7,10-11H2,1-3H3. The maximum Gasteiger partial charge on any atom is 0.316 e. The first-order chi connectivity index (χ1) is 9.21. The summed E-state index contributed by atoms with van der Waals surface area (Å²) in [4.78, 5) is 10.7. The molecule has 0 N–H and O–H groups in total. The summed E-state index contributed by atoms with van der Waals surface area (Å²) in [5, 5.41) is 0. The lowest BCUT2D eigenvalue weighted by molar-refractivity contribution is -0.0688. The highest BCUT2D eigenvalue weighted by Gasteiger charge is 2.33. The Labute approximate surface area is 115 Å². The molecular weight excluding hydrogens is 242 g/mol. The van der Waals surface area contributed by atoms with E-state index in [2.05, 4.69) is 21.8 Å². The van der Waals surface area contributed by atoms with E-state index in [0.29, 0.717) is 6.01 Å². The number of hydrogen-bond donors (Lipinski definition) is 0. The molecule has 0 bridgehead atoms. The van der Waals surface area contributed by atoms with E-state index in [1.165, 1.54) is 6.42 Å². The van der Waals surface area contributed by atoms with Crippen LogP contribution in [0.15, 0.2) is 12.4 Å². The molecule has 0 aliphatic carbocycles. The van der Waals surface area contributed by atoms with Crippen LogP contribution in [0, 0.1) is 0 Å². The molecule has 0 saturated carbocycles. The van der Waals surface area contributed by atoms with Gasteiger partial charge in [-0.25, -0.2) is 9.97 Å². The Morgan fingerprint density at radius 2 is 2.05 bits per heavy atom. The van der Waals surface area contributed by atoms with Gasteiger partial charge in [-0.05, 0) is 25.8 Å². The van der Waals surface area contributed by atoms with Crippen molar-refractivity contribution in [2.24, 2.45) is 0 Å². The van der Waals surface area contributed by atoms with Gasteiger partial charge in [0.2, 0.25) is 0 Å². The molecule has 5 nitrogen and oxygen atoms in total. The van der Waals surface area contributed by atoms with Crippen molar-refractivity contribution in [2.45, 2.75) is 38.3 Å². The van der Waals surface area contributed by atoms with Crippen LogP contribution in [0.25, 0.3) is 0 Å². The lowest BCUT2D eigenvalue weighted by atomic mass is 9.90. The molecule has 0 aromatic carbocycles. The van der Waals surface area contributed by atoms with Gasteiger partial charge in [-0.3, -0.25) is 4.90 Å². The monoisotopic (exact) mass is 265 g/mol. The molecule has 2 rings (SSSR count). The average Bonchev–Trinajstić information content (AvgIpc) is 2.48. The van der Waals surface area contributed by atoms with Crippen LogP contribution in [0.1, 0.15) is 31.7 Å². The molecule has 1 aromatic rings. The van der Waals surface area contributed by atoms with Gasteiger partial charge in [0.1, 0.15) is 0 Å². The van der Waals surface area contributed by atoms with Crippen molar-refractivity contribution in [3.05, 3.63) is 18.0 Å². The third-order valence-corrected chi connectivity index (χ3v) is 3.97. The second-order valence-corrected chi connectivity index (χ2v) is 5.13. The Morgan fingerprint density at radius 3 is 2.63 bits per heavy atom. The summed E-state index contributed by atoms with van der Waals surface area (Å²) >= 11 is 0. The van der Waals surface area contributed by atoms with Crippen molar-refractivity contribution in [3.63, 3.8) is 0 Å². The van der Waals surface area contributed by atoms with Gasteiger partial charge < -0.3 is 9.47 Å². The predicted octanol–water partition coefficient (Wildman–Crippen LogP) is 1.88. The molecular formula is C14H23N3O2. The van der Waals surface area contributed by atoms with E-state index in [1.54, 1.807) is 7.11 Å². The summed E-state index contributed by atoms with van der Waals surface area (Å²) in [5.74, 6) is 0. The summed E-state index contributed by atoms with van der Waals surface area (Å²) in [6, 6.07) is 0.419. The zero-order valence-electron chi connectivity index (χ0n) is 12.1. The Bertz CT molecular complexity index is 390. The van der Waals surface area contributed by atoms with E-state index in [1.807, 2.05) is 19.5 Å². The number of rotatable bonds is 5. The zero-order chi connectivity index (χ0) is 13.7. The van der Waals surface area contributed by atoms with Crippen LogP contribution in [0.3, 0.4) is 0 Å². The van der Waals surface area contributed by atoms with Crippen LogP contribution >= 0.6 is 0 Å². The van der Waals surface area contributed by atoms with E-state index in [4.69, 9.17) is 9.47 Å². The normalized spacial score (nSPS) is 24.4. The molecule has 1 unspecified atom stereocenters. The minimum atomic E-state index is 0.0194. The SMILES string of the molecule is CCC1(OC)CCCN(Cc2cnc(OC)nc2)C1. The molecule has 1 saturated heterocycles. The summed E-state index contributed by atoms with van der Waals surface area (Å²) < 4.78 is 10.7. The fraction of sp³-hybridized carbons (Fsp3) is 0.714. The lowest BCUT2D eigenvalue weighted by Gasteiger charge is -2.41. The first-order valence-corrected chi connectivity index (χ1v) is 6.84. The highest BCUT2D eigenvalue weighted by Crippen LogP contribution is 2.28. The largest absolute Gasteiger partial charge is 0.467 e. The minimum absolute atomic E-state index is 0.0194. The maximum absolute atomic E-state index is 5.74. The van der Waals surface area contributed by atoms with Crippen LogP contribution in [-0.4, -0.2) is 47.8 Å². The fourth-order valence-corrected chi connectivity index (χ4v) is 2.71. The number of hydrogen-bond acceptors (Lipinski definition) is 5. The van der Waals surface area contributed by atoms with Crippen LogP contribution in [-0.2, 0) is 11.3 Å². The number of ether oxygens (including phenoxy) is 2. The Balaban J connectivity index is 1.98. The number of nitrogens with zero attached hydrogens (tertiary/aromatic N) is 3. The van der Waals surface area contributed by atoms with Crippen molar-refractivity contribution < 1.29 is 9.47 Å². The average molecular weight is 265 g/mol. The van der Waals surface area contributed by atoms with Crippen molar-refractivity contribution >= 4 is 0 Å². The summed E-state index contributed by atoms with van der Waals surface area (Å²) in [6.07, 6.45) is 7.05. The molecule has 1 atom stereocenters. The second kappa shape index (κ2) is 6.30. The highest BCUT2D eigenvalue weighted by molar-refractivity contribution is 5.08. The van der Waals surface area contributed by atoms with Gasteiger partial charge in [-0.15, -0.1) is 0 Å². The van der Waals surface area contributed by atoms with Gasteiger partial charge in [-0.2, -0.15) is 0 Å². The number of likely N-dealkylation sites (tertiary alicyclic amines) is 1. The van der Waals surface area contributed by atoms with Gasteiger partial charge >= 0.3 is 6.01 Å². The summed E-state index contributed by atoms with van der Waals surface area (Å²) in [6.45, 7) is 5.15.